The number of amides is 2. The Morgan fingerprint density at radius 3 is 2.85 bits per heavy atom. The first-order valence-electron chi connectivity index (χ1n) is 6.10. The molecular weight excluding hydrogens is 260 g/mol. The minimum atomic E-state index is -0.766. The molecule has 5 N–H and O–H groups in total. The topological polar surface area (TPSA) is 120 Å². The molecule has 0 radical (unpaired) electrons. The summed E-state index contributed by atoms with van der Waals surface area (Å²) in [5.74, 6) is -0.989. The number of carbonyl (C=O) groups is 2. The number of allylic oxidation sites excluding steroid dienone is 1. The fraction of sp³-hybridized carbons (Fsp3) is 0.308. The fourth-order valence-corrected chi connectivity index (χ4v) is 1.52. The quantitative estimate of drug-likeness (QED) is 0.606. The van der Waals surface area contributed by atoms with Crippen LogP contribution in [0.15, 0.2) is 35.3 Å². The van der Waals surface area contributed by atoms with Crippen molar-refractivity contribution in [3.63, 3.8) is 0 Å². The smallest absolute Gasteiger partial charge is 0.274 e. The lowest BCUT2D eigenvalue weighted by atomic mass is 10.1. The van der Waals surface area contributed by atoms with Crippen molar-refractivity contribution in [2.24, 2.45) is 18.5 Å². The summed E-state index contributed by atoms with van der Waals surface area (Å²) in [6.45, 7) is 0. The van der Waals surface area contributed by atoms with Crippen molar-refractivity contribution in [1.29, 1.82) is 0 Å². The summed E-state index contributed by atoms with van der Waals surface area (Å²) >= 11 is 0. The second-order valence-corrected chi connectivity index (χ2v) is 4.32. The number of rotatable bonds is 6. The van der Waals surface area contributed by atoms with Gasteiger partial charge in [0.2, 0.25) is 11.8 Å². The monoisotopic (exact) mass is 278 g/mol. The Kier molecular flexibility index (Phi) is 5.67. The van der Waals surface area contributed by atoms with Crippen LogP contribution in [0.1, 0.15) is 12.8 Å². The molecule has 0 aliphatic carbocycles. The minimum absolute atomic E-state index is 0.183. The molecule has 0 unspecified atom stereocenters. The maximum Gasteiger partial charge on any atom is 0.274 e. The van der Waals surface area contributed by atoms with Crippen LogP contribution in [0.25, 0.3) is 0 Å². The number of nitrogens with two attached hydrogens (primary N) is 2. The first-order valence-corrected chi connectivity index (χ1v) is 6.10. The van der Waals surface area contributed by atoms with Gasteiger partial charge >= 0.3 is 0 Å². The fourth-order valence-electron chi connectivity index (χ4n) is 1.52. The molecule has 2 amide bonds. The summed E-state index contributed by atoms with van der Waals surface area (Å²) in [6, 6.07) is 2.40. The zero-order valence-corrected chi connectivity index (χ0v) is 11.2. The first kappa shape index (κ1) is 15.6. The van der Waals surface area contributed by atoms with Crippen LogP contribution in [0.5, 0.6) is 0 Å². The van der Waals surface area contributed by atoms with E-state index in [9.17, 15) is 14.4 Å². The molecule has 108 valence electrons. The van der Waals surface area contributed by atoms with Crippen molar-refractivity contribution in [3.8, 4) is 0 Å². The van der Waals surface area contributed by atoms with Gasteiger partial charge in [-0.3, -0.25) is 14.4 Å². The third-order valence-corrected chi connectivity index (χ3v) is 2.64. The van der Waals surface area contributed by atoms with E-state index in [2.05, 4.69) is 5.32 Å². The summed E-state index contributed by atoms with van der Waals surface area (Å²) < 4.78 is 1.36. The molecule has 20 heavy (non-hydrogen) atoms. The highest BCUT2D eigenvalue weighted by molar-refractivity contribution is 5.94. The predicted molar refractivity (Wildman–Crippen MR) is 75.9 cm³/mol. The number of hydrogen-bond acceptors (Lipinski definition) is 4. The summed E-state index contributed by atoms with van der Waals surface area (Å²) in [7, 11) is 1.59. The van der Waals surface area contributed by atoms with Crippen molar-refractivity contribution in [2.75, 3.05) is 5.32 Å². The number of nitrogens with one attached hydrogen (secondary N) is 1. The number of anilines is 1. The number of hydrogen-bond donors (Lipinski definition) is 3. The molecule has 0 fully saturated rings. The van der Waals surface area contributed by atoms with Crippen LogP contribution < -0.4 is 22.3 Å². The van der Waals surface area contributed by atoms with E-state index in [0.29, 0.717) is 12.8 Å². The number of aromatic nitrogens is 1. The van der Waals surface area contributed by atoms with E-state index in [4.69, 9.17) is 11.5 Å². The van der Waals surface area contributed by atoms with E-state index in [1.54, 1.807) is 25.4 Å². The molecule has 7 heteroatoms. The minimum Gasteiger partial charge on any atom is -0.366 e. The second-order valence-electron chi connectivity index (χ2n) is 4.32. The van der Waals surface area contributed by atoms with E-state index in [1.807, 2.05) is 0 Å². The van der Waals surface area contributed by atoms with Crippen LogP contribution in [0.2, 0.25) is 0 Å². The zero-order chi connectivity index (χ0) is 15.1. The van der Waals surface area contributed by atoms with Gasteiger partial charge in [-0.25, -0.2) is 0 Å². The highest BCUT2D eigenvalue weighted by Crippen LogP contribution is 2.02. The molecule has 0 saturated carbocycles. The third-order valence-electron chi connectivity index (χ3n) is 2.64. The maximum absolute atomic E-state index is 11.8. The lowest BCUT2D eigenvalue weighted by Crippen LogP contribution is -2.37. The Hall–Kier alpha value is -2.41. The largest absolute Gasteiger partial charge is 0.366 e. The van der Waals surface area contributed by atoms with Crippen molar-refractivity contribution in [1.82, 2.24) is 4.57 Å². The molecule has 1 heterocycles. The lowest BCUT2D eigenvalue weighted by molar-refractivity contribution is -0.117. The summed E-state index contributed by atoms with van der Waals surface area (Å²) in [4.78, 5) is 34.0. The van der Waals surface area contributed by atoms with Crippen molar-refractivity contribution in [3.05, 3.63) is 40.8 Å². The van der Waals surface area contributed by atoms with Crippen LogP contribution in [0.3, 0.4) is 0 Å². The molecule has 7 nitrogen and oxygen atoms in total. The van der Waals surface area contributed by atoms with E-state index >= 15 is 0 Å². The first-order chi connectivity index (χ1) is 9.41. The summed E-state index contributed by atoms with van der Waals surface area (Å²) in [5, 5.41) is 2.49. The number of primary amides is 1. The third kappa shape index (κ3) is 4.69. The van der Waals surface area contributed by atoms with Crippen LogP contribution in [0, 0.1) is 0 Å². The van der Waals surface area contributed by atoms with Gasteiger partial charge in [-0.05, 0) is 31.1 Å². The van der Waals surface area contributed by atoms with Crippen LogP contribution in [0.4, 0.5) is 5.69 Å². The molecule has 1 atom stereocenters. The van der Waals surface area contributed by atoms with Gasteiger partial charge < -0.3 is 21.4 Å². The van der Waals surface area contributed by atoms with Gasteiger partial charge in [-0.2, -0.15) is 0 Å². The van der Waals surface area contributed by atoms with Gasteiger partial charge in [0, 0.05) is 13.2 Å². The molecule has 1 aromatic heterocycles. The Bertz CT molecular complexity index is 577. The molecular formula is C13H18N4O3. The van der Waals surface area contributed by atoms with Crippen LogP contribution in [-0.4, -0.2) is 22.4 Å². The molecule has 0 bridgehead atoms. The molecule has 0 aliphatic rings. The Morgan fingerprint density at radius 2 is 2.20 bits per heavy atom. The van der Waals surface area contributed by atoms with Gasteiger partial charge in [0.25, 0.3) is 5.56 Å². The SMILES string of the molecule is Cn1cccc(NC(=O)[C@@H](N)CC/C=C/C(N)=O)c1=O. The maximum atomic E-state index is 11.8. The van der Waals surface area contributed by atoms with Crippen LogP contribution >= 0.6 is 0 Å². The van der Waals surface area contributed by atoms with E-state index in [1.165, 1.54) is 16.7 Å². The van der Waals surface area contributed by atoms with Gasteiger partial charge in [-0.15, -0.1) is 0 Å². The Labute approximate surface area is 116 Å². The second kappa shape index (κ2) is 7.25. The van der Waals surface area contributed by atoms with E-state index in [-0.39, 0.29) is 11.2 Å². The van der Waals surface area contributed by atoms with Crippen molar-refractivity contribution < 1.29 is 9.59 Å². The number of carbonyl (C=O) groups excluding carboxylic acids is 2. The predicted octanol–water partition coefficient (Wildman–Crippen LogP) is -0.527. The highest BCUT2D eigenvalue weighted by atomic mass is 16.2. The molecule has 0 aliphatic heterocycles. The Balaban J connectivity index is 2.56. The molecule has 1 aromatic rings. The van der Waals surface area contributed by atoms with Crippen molar-refractivity contribution >= 4 is 17.5 Å². The summed E-state index contributed by atoms with van der Waals surface area (Å²) in [6.07, 6.45) is 5.16. The highest BCUT2D eigenvalue weighted by Gasteiger charge is 2.14. The van der Waals surface area contributed by atoms with E-state index < -0.39 is 17.9 Å². The Morgan fingerprint density at radius 1 is 1.50 bits per heavy atom. The lowest BCUT2D eigenvalue weighted by Gasteiger charge is -2.11. The normalized spacial score (nSPS) is 12.3. The van der Waals surface area contributed by atoms with Gasteiger partial charge in [0.05, 0.1) is 6.04 Å². The zero-order valence-electron chi connectivity index (χ0n) is 11.2. The molecule has 1 rings (SSSR count). The standard InChI is InChI=1S/C13H18N4O3/c1-17-8-4-6-10(13(17)20)16-12(19)9(14)5-2-3-7-11(15)18/h3-4,6-9H,2,5,14H2,1H3,(H2,15,18)(H,16,19)/b7-3+/t9-/m0/s1. The number of aryl methyl sites for hydroxylation is 1. The van der Waals surface area contributed by atoms with E-state index in [0.717, 1.165) is 0 Å². The van der Waals surface area contributed by atoms with Gasteiger partial charge in [0.15, 0.2) is 0 Å². The van der Waals surface area contributed by atoms with Gasteiger partial charge in [0.1, 0.15) is 5.69 Å². The van der Waals surface area contributed by atoms with Crippen LogP contribution in [-0.2, 0) is 16.6 Å². The average Bonchev–Trinajstić information content (AvgIpc) is 2.39. The number of nitrogens with zero attached hydrogens (tertiary/aromatic N) is 1. The number of pyridine rings is 1. The van der Waals surface area contributed by atoms with Gasteiger partial charge in [-0.1, -0.05) is 6.08 Å². The molecule has 0 saturated heterocycles. The molecule has 0 aromatic carbocycles. The molecule has 0 spiro atoms. The summed E-state index contributed by atoms with van der Waals surface area (Å²) in [5.41, 5.74) is 10.5. The average molecular weight is 278 g/mol. The van der Waals surface area contributed by atoms with Crippen molar-refractivity contribution in [2.45, 2.75) is 18.9 Å².